The zero-order valence-electron chi connectivity index (χ0n) is 15.0. The van der Waals surface area contributed by atoms with E-state index >= 15 is 0 Å². The Labute approximate surface area is 168 Å². The summed E-state index contributed by atoms with van der Waals surface area (Å²) in [5.41, 5.74) is 0.341. The Balaban J connectivity index is 1.42. The van der Waals surface area contributed by atoms with Crippen molar-refractivity contribution in [2.75, 3.05) is 5.32 Å². The molecule has 152 valence electrons. The number of anilines is 1. The fraction of sp³-hybridized carbons (Fsp3) is 0.333. The SMILES string of the molecule is O=C(Cn1nc(C(F)(F)F)cc1C1CC1)Nc1ncn(Cc2cccc(Cl)c2)n1. The van der Waals surface area contributed by atoms with E-state index in [2.05, 4.69) is 20.5 Å². The highest BCUT2D eigenvalue weighted by atomic mass is 35.5. The quantitative estimate of drug-likeness (QED) is 0.654. The lowest BCUT2D eigenvalue weighted by molar-refractivity contribution is -0.141. The predicted octanol–water partition coefficient (Wildman–Crippen LogP) is 3.71. The number of alkyl halides is 3. The molecule has 1 aliphatic carbocycles. The molecule has 4 rings (SSSR count). The summed E-state index contributed by atoms with van der Waals surface area (Å²) >= 11 is 5.95. The first-order valence-electron chi connectivity index (χ1n) is 8.86. The first-order chi connectivity index (χ1) is 13.8. The van der Waals surface area contributed by atoms with Crippen LogP contribution >= 0.6 is 11.6 Å². The number of aromatic nitrogens is 5. The molecule has 1 saturated carbocycles. The van der Waals surface area contributed by atoms with Gasteiger partial charge in [-0.05, 0) is 36.6 Å². The van der Waals surface area contributed by atoms with Crippen molar-refractivity contribution in [3.8, 4) is 0 Å². The van der Waals surface area contributed by atoms with Gasteiger partial charge in [0.05, 0.1) is 6.54 Å². The maximum Gasteiger partial charge on any atom is 0.435 e. The number of halogens is 4. The van der Waals surface area contributed by atoms with Crippen molar-refractivity contribution < 1.29 is 18.0 Å². The Morgan fingerprint density at radius 3 is 2.72 bits per heavy atom. The van der Waals surface area contributed by atoms with Crippen LogP contribution in [0.25, 0.3) is 0 Å². The number of nitrogens with one attached hydrogen (secondary N) is 1. The summed E-state index contributed by atoms with van der Waals surface area (Å²) < 4.78 is 41.5. The van der Waals surface area contributed by atoms with E-state index in [9.17, 15) is 18.0 Å². The molecule has 1 amide bonds. The molecule has 0 aliphatic heterocycles. The fourth-order valence-electron chi connectivity index (χ4n) is 2.95. The van der Waals surface area contributed by atoms with Crippen molar-refractivity contribution in [1.29, 1.82) is 0 Å². The normalized spacial score (nSPS) is 14.2. The minimum atomic E-state index is -4.55. The van der Waals surface area contributed by atoms with Gasteiger partial charge in [-0.2, -0.15) is 18.3 Å². The van der Waals surface area contributed by atoms with Gasteiger partial charge in [-0.3, -0.25) is 14.8 Å². The molecule has 11 heteroatoms. The Hall–Kier alpha value is -2.88. The standard InChI is InChI=1S/C18H16ClF3N6O/c19-13-3-1-2-11(6-13)8-27-10-23-17(26-27)24-16(29)9-28-14(12-4-5-12)7-15(25-28)18(20,21)22/h1-3,6-7,10,12H,4-5,8-9H2,(H,24,26,29). The van der Waals surface area contributed by atoms with Crippen molar-refractivity contribution in [3.63, 3.8) is 0 Å². The van der Waals surface area contributed by atoms with Crippen LogP contribution < -0.4 is 5.32 Å². The van der Waals surface area contributed by atoms with E-state index in [1.807, 2.05) is 12.1 Å². The Kier molecular flexibility index (Phi) is 5.03. The van der Waals surface area contributed by atoms with Crippen LogP contribution in [-0.4, -0.2) is 30.5 Å². The van der Waals surface area contributed by atoms with Crippen molar-refractivity contribution in [1.82, 2.24) is 24.5 Å². The minimum Gasteiger partial charge on any atom is -0.292 e. The highest BCUT2D eigenvalue weighted by molar-refractivity contribution is 6.30. The van der Waals surface area contributed by atoms with Crippen LogP contribution in [0.4, 0.5) is 19.1 Å². The van der Waals surface area contributed by atoms with Crippen LogP contribution in [0.5, 0.6) is 0 Å². The number of carbonyl (C=O) groups is 1. The molecule has 0 spiro atoms. The molecule has 2 aromatic heterocycles. The Bertz CT molecular complexity index is 1040. The second-order valence-electron chi connectivity index (χ2n) is 6.83. The van der Waals surface area contributed by atoms with Gasteiger partial charge >= 0.3 is 6.18 Å². The van der Waals surface area contributed by atoms with Crippen LogP contribution in [-0.2, 0) is 24.1 Å². The number of hydrogen-bond acceptors (Lipinski definition) is 4. The van der Waals surface area contributed by atoms with Gasteiger partial charge < -0.3 is 0 Å². The number of carbonyl (C=O) groups excluding carboxylic acids is 1. The van der Waals surface area contributed by atoms with Crippen LogP contribution in [0.1, 0.15) is 35.7 Å². The van der Waals surface area contributed by atoms with E-state index in [-0.39, 0.29) is 18.4 Å². The van der Waals surface area contributed by atoms with Crippen LogP contribution in [0, 0.1) is 0 Å². The lowest BCUT2D eigenvalue weighted by Crippen LogP contribution is -2.22. The van der Waals surface area contributed by atoms with Crippen LogP contribution in [0.2, 0.25) is 5.02 Å². The highest BCUT2D eigenvalue weighted by Crippen LogP contribution is 2.42. The third-order valence-electron chi connectivity index (χ3n) is 4.41. The summed E-state index contributed by atoms with van der Waals surface area (Å²) in [4.78, 5) is 16.3. The smallest absolute Gasteiger partial charge is 0.292 e. The number of benzene rings is 1. The minimum absolute atomic E-state index is 0.0152. The molecule has 0 atom stereocenters. The van der Waals surface area contributed by atoms with Crippen molar-refractivity contribution >= 4 is 23.5 Å². The molecule has 0 unspecified atom stereocenters. The van der Waals surface area contributed by atoms with Gasteiger partial charge in [0, 0.05) is 16.6 Å². The molecule has 29 heavy (non-hydrogen) atoms. The van der Waals surface area contributed by atoms with E-state index < -0.39 is 17.8 Å². The molecular weight excluding hydrogens is 409 g/mol. The first-order valence-corrected chi connectivity index (χ1v) is 9.24. The summed E-state index contributed by atoms with van der Waals surface area (Å²) in [6.07, 6.45) is -1.52. The zero-order valence-corrected chi connectivity index (χ0v) is 15.8. The molecule has 2 heterocycles. The topological polar surface area (TPSA) is 77.6 Å². The Morgan fingerprint density at radius 2 is 2.03 bits per heavy atom. The van der Waals surface area contributed by atoms with Gasteiger partial charge in [-0.25, -0.2) is 9.67 Å². The molecule has 1 aliphatic rings. The van der Waals surface area contributed by atoms with Gasteiger partial charge in [-0.15, -0.1) is 5.10 Å². The zero-order chi connectivity index (χ0) is 20.6. The molecule has 0 bridgehead atoms. The second-order valence-corrected chi connectivity index (χ2v) is 7.26. The average Bonchev–Trinajstić information content (AvgIpc) is 3.24. The van der Waals surface area contributed by atoms with Gasteiger partial charge in [-0.1, -0.05) is 23.7 Å². The van der Waals surface area contributed by atoms with Gasteiger partial charge in [0.15, 0.2) is 5.69 Å². The van der Waals surface area contributed by atoms with Crippen molar-refractivity contribution in [3.05, 3.63) is 58.6 Å². The van der Waals surface area contributed by atoms with Crippen LogP contribution in [0.15, 0.2) is 36.7 Å². The van der Waals surface area contributed by atoms with E-state index in [4.69, 9.17) is 11.6 Å². The molecule has 3 aromatic rings. The number of nitrogens with zero attached hydrogens (tertiary/aromatic N) is 5. The third kappa shape index (κ3) is 4.76. The first kappa shape index (κ1) is 19.4. The monoisotopic (exact) mass is 424 g/mol. The maximum atomic E-state index is 12.9. The summed E-state index contributed by atoms with van der Waals surface area (Å²) in [6, 6.07) is 8.25. The molecule has 0 saturated heterocycles. The largest absolute Gasteiger partial charge is 0.435 e. The Morgan fingerprint density at radius 1 is 1.24 bits per heavy atom. The lowest BCUT2D eigenvalue weighted by Gasteiger charge is -2.06. The summed E-state index contributed by atoms with van der Waals surface area (Å²) in [5.74, 6) is -0.473. The van der Waals surface area contributed by atoms with E-state index in [1.165, 1.54) is 11.0 Å². The number of amides is 1. The second kappa shape index (κ2) is 7.51. The van der Waals surface area contributed by atoms with Crippen molar-refractivity contribution in [2.24, 2.45) is 0 Å². The van der Waals surface area contributed by atoms with Crippen LogP contribution in [0.3, 0.4) is 0 Å². The average molecular weight is 425 g/mol. The van der Waals surface area contributed by atoms with Gasteiger partial charge in [0.25, 0.3) is 0 Å². The molecule has 0 radical (unpaired) electrons. The molecule has 1 N–H and O–H groups in total. The van der Waals surface area contributed by atoms with E-state index in [0.717, 1.165) is 29.2 Å². The van der Waals surface area contributed by atoms with E-state index in [0.29, 0.717) is 17.3 Å². The molecule has 1 aromatic carbocycles. The summed E-state index contributed by atoms with van der Waals surface area (Å²) in [6.45, 7) is 0.0636. The molecular formula is C18H16ClF3N6O. The fourth-order valence-corrected chi connectivity index (χ4v) is 3.17. The number of hydrogen-bond donors (Lipinski definition) is 1. The van der Waals surface area contributed by atoms with Crippen molar-refractivity contribution in [2.45, 2.75) is 38.0 Å². The highest BCUT2D eigenvalue weighted by Gasteiger charge is 2.38. The number of rotatable bonds is 6. The maximum absolute atomic E-state index is 12.9. The third-order valence-corrected chi connectivity index (χ3v) is 4.65. The lowest BCUT2D eigenvalue weighted by atomic mass is 10.2. The predicted molar refractivity (Wildman–Crippen MR) is 98.4 cm³/mol. The summed E-state index contributed by atoms with van der Waals surface area (Å²) in [7, 11) is 0. The summed E-state index contributed by atoms with van der Waals surface area (Å²) in [5, 5.41) is 10.8. The van der Waals surface area contributed by atoms with Gasteiger partial charge in [0.2, 0.25) is 11.9 Å². The molecule has 1 fully saturated rings. The van der Waals surface area contributed by atoms with Gasteiger partial charge in [0.1, 0.15) is 12.9 Å². The van der Waals surface area contributed by atoms with E-state index in [1.54, 1.807) is 12.1 Å². The molecule has 7 nitrogen and oxygen atoms in total.